The van der Waals surface area contributed by atoms with Gasteiger partial charge in [0.25, 0.3) is 0 Å². The topological polar surface area (TPSA) is 115 Å². The van der Waals surface area contributed by atoms with E-state index in [0.29, 0.717) is 12.8 Å². The summed E-state index contributed by atoms with van der Waals surface area (Å²) in [6.07, 6.45) is 6.55. The highest BCUT2D eigenvalue weighted by atomic mass is 16.4. The van der Waals surface area contributed by atoms with Crippen LogP contribution in [0.2, 0.25) is 0 Å². The first-order chi connectivity index (χ1) is 10.7. The van der Waals surface area contributed by atoms with Gasteiger partial charge in [0, 0.05) is 18.3 Å². The van der Waals surface area contributed by atoms with Crippen LogP contribution in [0.15, 0.2) is 0 Å². The van der Waals surface area contributed by atoms with Gasteiger partial charge in [-0.15, -0.1) is 0 Å². The van der Waals surface area contributed by atoms with Crippen molar-refractivity contribution in [3.8, 4) is 0 Å². The summed E-state index contributed by atoms with van der Waals surface area (Å²) in [5, 5.41) is 33.1. The van der Waals surface area contributed by atoms with Gasteiger partial charge in [0.1, 0.15) is 0 Å². The van der Waals surface area contributed by atoms with Crippen LogP contribution in [0.4, 0.5) is 0 Å². The van der Waals surface area contributed by atoms with Crippen molar-refractivity contribution in [2.45, 2.75) is 79.1 Å². The van der Waals surface area contributed by atoms with E-state index in [0.717, 1.165) is 38.5 Å². The maximum Gasteiger partial charge on any atom is 0.303 e. The molecular weight excluding hydrogens is 300 g/mol. The Balaban J connectivity index is -0.000000262. The predicted octanol–water partition coefficient (Wildman–Crippen LogP) is 3.30. The molecule has 0 aromatic rings. The Morgan fingerprint density at radius 2 is 1.04 bits per heavy atom. The van der Waals surface area contributed by atoms with Crippen LogP contribution in [0.25, 0.3) is 0 Å². The van der Waals surface area contributed by atoms with Crippen LogP contribution >= 0.6 is 0 Å². The maximum atomic E-state index is 9.87. The zero-order valence-corrected chi connectivity index (χ0v) is 15.2. The summed E-state index contributed by atoms with van der Waals surface area (Å²) < 4.78 is 0. The number of carboxylic acid groups (broad SMARTS) is 2. The number of unbranched alkanes of at least 4 members (excludes halogenated alkanes) is 4. The van der Waals surface area contributed by atoms with Crippen LogP contribution in [0.1, 0.15) is 79.1 Å². The van der Waals surface area contributed by atoms with Gasteiger partial charge in [-0.2, -0.15) is 0 Å². The molecule has 4 N–H and O–H groups in total. The lowest BCUT2D eigenvalue weighted by atomic mass is 9.97. The van der Waals surface area contributed by atoms with E-state index in [2.05, 4.69) is 13.8 Å². The van der Waals surface area contributed by atoms with Gasteiger partial charge in [0.05, 0.1) is 13.2 Å². The Labute approximate surface area is 140 Å². The second-order valence-electron chi connectivity index (χ2n) is 6.18. The van der Waals surface area contributed by atoms with Crippen molar-refractivity contribution in [1.82, 2.24) is 0 Å². The van der Waals surface area contributed by atoms with Crippen LogP contribution in [-0.2, 0) is 9.59 Å². The van der Waals surface area contributed by atoms with Crippen LogP contribution in [0.3, 0.4) is 0 Å². The third-order valence-electron chi connectivity index (χ3n) is 2.84. The average molecular weight is 336 g/mol. The van der Waals surface area contributed by atoms with Crippen LogP contribution in [-0.4, -0.2) is 45.6 Å². The number of rotatable bonds is 10. The minimum Gasteiger partial charge on any atom is -0.481 e. The van der Waals surface area contributed by atoms with Gasteiger partial charge in [-0.1, -0.05) is 53.4 Å². The largest absolute Gasteiger partial charge is 0.481 e. The van der Waals surface area contributed by atoms with E-state index >= 15 is 0 Å². The number of aliphatic carboxylic acids is 2. The summed E-state index contributed by atoms with van der Waals surface area (Å²) in [5.41, 5.74) is -0.306. The third-order valence-corrected chi connectivity index (χ3v) is 2.84. The SMILES string of the molecule is CC(C)(CO)CO.CCCCCC(=O)O.CCCCCC(=O)O. The number of hydrogen-bond acceptors (Lipinski definition) is 4. The first-order valence-corrected chi connectivity index (χ1v) is 8.32. The Hall–Kier alpha value is -1.14. The number of carbonyl (C=O) groups is 2. The number of carboxylic acids is 2. The van der Waals surface area contributed by atoms with Crippen molar-refractivity contribution >= 4 is 11.9 Å². The van der Waals surface area contributed by atoms with E-state index in [4.69, 9.17) is 20.4 Å². The van der Waals surface area contributed by atoms with Crippen molar-refractivity contribution in [3.63, 3.8) is 0 Å². The highest BCUT2D eigenvalue weighted by Gasteiger charge is 2.13. The van der Waals surface area contributed by atoms with Gasteiger partial charge in [0.2, 0.25) is 0 Å². The van der Waals surface area contributed by atoms with Gasteiger partial charge in [0.15, 0.2) is 0 Å². The summed E-state index contributed by atoms with van der Waals surface area (Å²) in [4.78, 5) is 19.7. The monoisotopic (exact) mass is 336 g/mol. The fourth-order valence-electron chi connectivity index (χ4n) is 1.10. The average Bonchev–Trinajstić information content (AvgIpc) is 2.48. The molecule has 0 amide bonds. The summed E-state index contributed by atoms with van der Waals surface area (Å²) >= 11 is 0. The quantitative estimate of drug-likeness (QED) is 0.455. The molecule has 0 aromatic carbocycles. The van der Waals surface area contributed by atoms with Crippen LogP contribution in [0, 0.1) is 5.41 Å². The molecule has 0 unspecified atom stereocenters. The molecule has 0 aliphatic heterocycles. The fourth-order valence-corrected chi connectivity index (χ4v) is 1.10. The normalized spacial score (nSPS) is 10.0. The van der Waals surface area contributed by atoms with Crippen molar-refractivity contribution in [3.05, 3.63) is 0 Å². The van der Waals surface area contributed by atoms with Gasteiger partial charge < -0.3 is 20.4 Å². The molecule has 0 spiro atoms. The molecule has 0 heterocycles. The molecule has 0 bridgehead atoms. The smallest absolute Gasteiger partial charge is 0.303 e. The molecule has 0 atom stereocenters. The second kappa shape index (κ2) is 18.9. The summed E-state index contributed by atoms with van der Waals surface area (Å²) in [6, 6.07) is 0. The van der Waals surface area contributed by atoms with Crippen molar-refractivity contribution in [2.75, 3.05) is 13.2 Å². The highest BCUT2D eigenvalue weighted by molar-refractivity contribution is 5.66. The molecule has 0 fully saturated rings. The lowest BCUT2D eigenvalue weighted by Crippen LogP contribution is -2.20. The van der Waals surface area contributed by atoms with Crippen molar-refractivity contribution < 1.29 is 30.0 Å². The molecule has 0 radical (unpaired) electrons. The molecule has 6 heteroatoms. The first kappa shape index (κ1) is 26.7. The second-order valence-corrected chi connectivity index (χ2v) is 6.18. The molecule has 140 valence electrons. The molecule has 0 aliphatic carbocycles. The Kier molecular flexibility index (Phi) is 22.0. The lowest BCUT2D eigenvalue weighted by Gasteiger charge is -2.16. The minimum atomic E-state index is -0.682. The number of aliphatic hydroxyl groups is 2. The van der Waals surface area contributed by atoms with E-state index in [9.17, 15) is 9.59 Å². The summed E-state index contributed by atoms with van der Waals surface area (Å²) in [6.45, 7) is 7.80. The molecule has 23 heavy (non-hydrogen) atoms. The molecule has 0 saturated carbocycles. The Morgan fingerprint density at radius 3 is 1.17 bits per heavy atom. The van der Waals surface area contributed by atoms with E-state index < -0.39 is 11.9 Å². The molecule has 0 aromatic heterocycles. The van der Waals surface area contributed by atoms with Gasteiger partial charge >= 0.3 is 11.9 Å². The van der Waals surface area contributed by atoms with E-state index in [1.54, 1.807) is 13.8 Å². The van der Waals surface area contributed by atoms with Gasteiger partial charge in [-0.3, -0.25) is 9.59 Å². The molecular formula is C17H36O6. The molecule has 0 aliphatic rings. The van der Waals surface area contributed by atoms with Gasteiger partial charge in [-0.25, -0.2) is 0 Å². The van der Waals surface area contributed by atoms with E-state index in [-0.39, 0.29) is 18.6 Å². The first-order valence-electron chi connectivity index (χ1n) is 8.32. The van der Waals surface area contributed by atoms with E-state index in [1.165, 1.54) is 0 Å². The lowest BCUT2D eigenvalue weighted by molar-refractivity contribution is -0.138. The maximum absolute atomic E-state index is 9.87. The van der Waals surface area contributed by atoms with Crippen molar-refractivity contribution in [1.29, 1.82) is 0 Å². The van der Waals surface area contributed by atoms with Crippen LogP contribution < -0.4 is 0 Å². The molecule has 0 rings (SSSR count). The highest BCUT2D eigenvalue weighted by Crippen LogP contribution is 2.10. The van der Waals surface area contributed by atoms with Gasteiger partial charge in [-0.05, 0) is 12.8 Å². The standard InChI is InChI=1S/2C6H12O2.C5H12O2/c2*1-2-3-4-5-6(7)8;1-5(2,3-6)4-7/h2*2-5H2,1H3,(H,7,8);6-7H,3-4H2,1-2H3. The van der Waals surface area contributed by atoms with Crippen LogP contribution in [0.5, 0.6) is 0 Å². The molecule has 6 nitrogen and oxygen atoms in total. The summed E-state index contributed by atoms with van der Waals surface area (Å²) in [7, 11) is 0. The zero-order chi connectivity index (χ0) is 18.7. The Bertz CT molecular complexity index is 250. The molecule has 0 saturated heterocycles. The fraction of sp³-hybridized carbons (Fsp3) is 0.882. The summed E-state index contributed by atoms with van der Waals surface area (Å²) in [5.74, 6) is -1.36. The van der Waals surface area contributed by atoms with E-state index in [1.807, 2.05) is 0 Å². The zero-order valence-electron chi connectivity index (χ0n) is 15.2. The predicted molar refractivity (Wildman–Crippen MR) is 91.5 cm³/mol. The third kappa shape index (κ3) is 33.6. The van der Waals surface area contributed by atoms with Crippen molar-refractivity contribution in [2.24, 2.45) is 5.41 Å². The number of aliphatic hydroxyl groups excluding tert-OH is 2. The number of hydrogen-bond donors (Lipinski definition) is 4. The Morgan fingerprint density at radius 1 is 0.739 bits per heavy atom. The minimum absolute atomic E-state index is 0.0451.